The van der Waals surface area contributed by atoms with Gasteiger partial charge in [0, 0.05) is 23.3 Å². The van der Waals surface area contributed by atoms with Crippen LogP contribution in [-0.4, -0.2) is 40.6 Å². The second kappa shape index (κ2) is 6.88. The Balaban J connectivity index is 1.96. The molecule has 0 N–H and O–H groups in total. The Hall–Kier alpha value is -0.903. The van der Waals surface area contributed by atoms with Gasteiger partial charge in [0.25, 0.3) is 0 Å². The first-order valence-electron chi connectivity index (χ1n) is 6.92. The summed E-state index contributed by atoms with van der Waals surface area (Å²) in [5.41, 5.74) is 1.24. The molecule has 3 heteroatoms. The van der Waals surface area contributed by atoms with Crippen molar-refractivity contribution in [3.8, 4) is 0 Å². The van der Waals surface area contributed by atoms with Crippen LogP contribution in [0, 0.1) is 0 Å². The second-order valence-electron chi connectivity index (χ2n) is 4.96. The lowest BCUT2D eigenvalue weighted by atomic mass is 10.2. The van der Waals surface area contributed by atoms with Crippen LogP contribution in [0.3, 0.4) is 0 Å². The van der Waals surface area contributed by atoms with E-state index in [0.29, 0.717) is 6.10 Å². The summed E-state index contributed by atoms with van der Waals surface area (Å²) in [6.45, 7) is 4.38. The van der Waals surface area contributed by atoms with E-state index >= 15 is 0 Å². The molecule has 0 bridgehead atoms. The van der Waals surface area contributed by atoms with E-state index in [0.717, 1.165) is 13.1 Å². The molecule has 1 heterocycles. The second-order valence-corrected chi connectivity index (χ2v) is 5.96. The van der Waals surface area contributed by atoms with Crippen LogP contribution in [0.4, 0.5) is 0 Å². The first-order valence-corrected chi connectivity index (χ1v) is 8.34. The Morgan fingerprint density at radius 1 is 1.39 bits per heavy atom. The third-order valence-electron chi connectivity index (χ3n) is 3.28. The van der Waals surface area contributed by atoms with Crippen LogP contribution in [0.2, 0.25) is 6.04 Å². The number of nitrogens with zero attached hydrogens (tertiary/aromatic N) is 1. The molecule has 1 aromatic carbocycles. The highest BCUT2D eigenvalue weighted by Crippen LogP contribution is 2.18. The number of benzene rings is 1. The van der Waals surface area contributed by atoms with E-state index in [1.54, 1.807) is 0 Å². The van der Waals surface area contributed by atoms with Gasteiger partial charge in [-0.2, -0.15) is 0 Å². The van der Waals surface area contributed by atoms with E-state index in [2.05, 4.69) is 48.2 Å². The van der Waals surface area contributed by atoms with E-state index < -0.39 is 0 Å². The quantitative estimate of drug-likeness (QED) is 0.751. The molecule has 0 saturated carbocycles. The molecular weight excluding hydrogens is 238 g/mol. The molecule has 1 aliphatic rings. The summed E-state index contributed by atoms with van der Waals surface area (Å²) in [5, 5.41) is 0. The van der Waals surface area contributed by atoms with E-state index in [9.17, 15) is 0 Å². The Bertz CT molecular complexity index is 379. The van der Waals surface area contributed by atoms with Gasteiger partial charge in [-0.1, -0.05) is 42.5 Å². The van der Waals surface area contributed by atoms with Crippen molar-refractivity contribution in [1.82, 2.24) is 4.90 Å². The maximum absolute atomic E-state index is 5.94. The number of hydrogen-bond donors (Lipinski definition) is 0. The molecule has 0 spiro atoms. The standard InChI is InChI=1S/C15H23NOSi/c1-13-12-16(10-5-11-18)15(17-13)9-8-14-6-3-2-4-7-14/h2-4,6-9,13,15H,5,10-12H2,1,18H3/b9-8+. The zero-order valence-electron chi connectivity index (χ0n) is 11.4. The van der Waals surface area contributed by atoms with Crippen molar-refractivity contribution in [3.05, 3.63) is 42.0 Å². The highest BCUT2D eigenvalue weighted by Gasteiger charge is 2.27. The monoisotopic (exact) mass is 261 g/mol. The zero-order valence-corrected chi connectivity index (χ0v) is 13.4. The van der Waals surface area contributed by atoms with Crippen LogP contribution in [0.1, 0.15) is 18.9 Å². The van der Waals surface area contributed by atoms with Crippen molar-refractivity contribution < 1.29 is 4.74 Å². The van der Waals surface area contributed by atoms with Crippen LogP contribution in [-0.2, 0) is 4.74 Å². The Kier molecular flexibility index (Phi) is 5.17. The van der Waals surface area contributed by atoms with Crippen LogP contribution < -0.4 is 0 Å². The van der Waals surface area contributed by atoms with Crippen LogP contribution in [0.5, 0.6) is 0 Å². The summed E-state index contributed by atoms with van der Waals surface area (Å²) in [4.78, 5) is 2.45. The van der Waals surface area contributed by atoms with Gasteiger partial charge in [0.1, 0.15) is 6.23 Å². The van der Waals surface area contributed by atoms with Crippen molar-refractivity contribution in [2.45, 2.75) is 31.7 Å². The Morgan fingerprint density at radius 3 is 2.89 bits per heavy atom. The first kappa shape index (κ1) is 13.5. The van der Waals surface area contributed by atoms with E-state index in [-0.39, 0.29) is 6.23 Å². The van der Waals surface area contributed by atoms with Crippen LogP contribution in [0.15, 0.2) is 36.4 Å². The summed E-state index contributed by atoms with van der Waals surface area (Å²) in [5.74, 6) is 0. The zero-order chi connectivity index (χ0) is 12.8. The fraction of sp³-hybridized carbons (Fsp3) is 0.467. The molecule has 1 aliphatic heterocycles. The summed E-state index contributed by atoms with van der Waals surface area (Å²) < 4.78 is 5.94. The van der Waals surface area contributed by atoms with Crippen LogP contribution >= 0.6 is 0 Å². The van der Waals surface area contributed by atoms with Gasteiger partial charge in [-0.15, -0.1) is 0 Å². The van der Waals surface area contributed by atoms with Crippen molar-refractivity contribution in [2.75, 3.05) is 13.1 Å². The molecule has 2 unspecified atom stereocenters. The summed E-state index contributed by atoms with van der Waals surface area (Å²) >= 11 is 0. The normalized spacial score (nSPS) is 25.2. The van der Waals surface area contributed by atoms with E-state index in [1.165, 1.54) is 28.3 Å². The molecule has 1 aromatic rings. The predicted octanol–water partition coefficient (Wildman–Crippen LogP) is 1.92. The van der Waals surface area contributed by atoms with Gasteiger partial charge < -0.3 is 4.74 Å². The van der Waals surface area contributed by atoms with Crippen molar-refractivity contribution in [3.63, 3.8) is 0 Å². The van der Waals surface area contributed by atoms with Gasteiger partial charge in [0.15, 0.2) is 0 Å². The Morgan fingerprint density at radius 2 is 2.17 bits per heavy atom. The van der Waals surface area contributed by atoms with Gasteiger partial charge in [-0.3, -0.25) is 4.90 Å². The molecule has 18 heavy (non-hydrogen) atoms. The highest BCUT2D eigenvalue weighted by molar-refractivity contribution is 6.08. The molecule has 2 atom stereocenters. The molecule has 0 aliphatic carbocycles. The summed E-state index contributed by atoms with van der Waals surface area (Å²) in [7, 11) is 1.30. The van der Waals surface area contributed by atoms with Gasteiger partial charge in [0.2, 0.25) is 0 Å². The maximum Gasteiger partial charge on any atom is 0.130 e. The van der Waals surface area contributed by atoms with Crippen LogP contribution in [0.25, 0.3) is 6.08 Å². The molecule has 0 aromatic heterocycles. The molecule has 1 saturated heterocycles. The third-order valence-corrected chi connectivity index (χ3v) is 3.98. The molecular formula is C15H23NOSi. The molecule has 98 valence electrons. The minimum absolute atomic E-state index is 0.161. The minimum atomic E-state index is 0.161. The highest BCUT2D eigenvalue weighted by atomic mass is 28.1. The van der Waals surface area contributed by atoms with Gasteiger partial charge in [-0.05, 0) is 25.0 Å². The van der Waals surface area contributed by atoms with Gasteiger partial charge in [0.05, 0.1) is 6.10 Å². The largest absolute Gasteiger partial charge is 0.355 e. The first-order chi connectivity index (χ1) is 8.79. The van der Waals surface area contributed by atoms with Gasteiger partial charge >= 0.3 is 0 Å². The SMILES string of the molecule is CC1CN(CCC[SiH3])C(/C=C/c2ccccc2)O1. The minimum Gasteiger partial charge on any atom is -0.355 e. The maximum atomic E-state index is 5.94. The summed E-state index contributed by atoms with van der Waals surface area (Å²) in [6, 6.07) is 11.8. The average Bonchev–Trinajstić information content (AvgIpc) is 2.75. The smallest absolute Gasteiger partial charge is 0.130 e. The topological polar surface area (TPSA) is 12.5 Å². The number of hydrogen-bond acceptors (Lipinski definition) is 2. The molecule has 0 radical (unpaired) electrons. The van der Waals surface area contributed by atoms with Crippen molar-refractivity contribution in [2.24, 2.45) is 0 Å². The lowest BCUT2D eigenvalue weighted by molar-refractivity contribution is 0.0418. The van der Waals surface area contributed by atoms with E-state index in [4.69, 9.17) is 4.74 Å². The predicted molar refractivity (Wildman–Crippen MR) is 80.7 cm³/mol. The summed E-state index contributed by atoms with van der Waals surface area (Å²) in [6.07, 6.45) is 6.17. The molecule has 2 rings (SSSR count). The number of ether oxygens (including phenoxy) is 1. The van der Waals surface area contributed by atoms with Gasteiger partial charge in [-0.25, -0.2) is 0 Å². The van der Waals surface area contributed by atoms with Crippen molar-refractivity contribution >= 4 is 16.3 Å². The molecule has 2 nitrogen and oxygen atoms in total. The van der Waals surface area contributed by atoms with E-state index in [1.807, 2.05) is 6.07 Å². The lowest BCUT2D eigenvalue weighted by Crippen LogP contribution is -2.29. The average molecular weight is 261 g/mol. The fourth-order valence-electron chi connectivity index (χ4n) is 2.31. The number of rotatable bonds is 5. The van der Waals surface area contributed by atoms with Crippen molar-refractivity contribution in [1.29, 1.82) is 0 Å². The third kappa shape index (κ3) is 3.80. The fourth-order valence-corrected chi connectivity index (χ4v) is 2.62. The Labute approximate surface area is 113 Å². The molecule has 1 fully saturated rings. The molecule has 0 amide bonds. The lowest BCUT2D eigenvalue weighted by Gasteiger charge is -2.19.